The van der Waals surface area contributed by atoms with Crippen LogP contribution in [0, 0.1) is 0 Å². The molecule has 0 radical (unpaired) electrons. The maximum Gasteiger partial charge on any atom is 0.290 e. The molecule has 0 bridgehead atoms. The van der Waals surface area contributed by atoms with Crippen molar-refractivity contribution in [3.63, 3.8) is 0 Å². The molecule has 2 aromatic rings. The number of rotatable bonds is 9. The molecule has 3 rings (SSSR count). The number of carbonyl (C=O) groups excluding carboxylic acids is 2. The largest absolute Gasteiger partial charge is 0.503 e. The van der Waals surface area contributed by atoms with Crippen LogP contribution in [0.4, 0.5) is 0 Å². The van der Waals surface area contributed by atoms with E-state index in [9.17, 15) is 14.7 Å². The Hall–Kier alpha value is -3.12. The van der Waals surface area contributed by atoms with Crippen LogP contribution in [0.3, 0.4) is 0 Å². The van der Waals surface area contributed by atoms with Gasteiger partial charge in [0.15, 0.2) is 11.5 Å². The van der Waals surface area contributed by atoms with Crippen molar-refractivity contribution in [2.24, 2.45) is 0 Å². The van der Waals surface area contributed by atoms with Crippen LogP contribution in [0.15, 0.2) is 64.5 Å². The van der Waals surface area contributed by atoms with Gasteiger partial charge in [0, 0.05) is 6.54 Å². The van der Waals surface area contributed by atoms with Gasteiger partial charge in [-0.1, -0.05) is 38.1 Å². The third-order valence-electron chi connectivity index (χ3n) is 5.43. The van der Waals surface area contributed by atoms with Gasteiger partial charge in [0.05, 0.1) is 17.9 Å². The summed E-state index contributed by atoms with van der Waals surface area (Å²) in [5.41, 5.74) is 2.09. The van der Waals surface area contributed by atoms with Gasteiger partial charge in [-0.15, -0.1) is 0 Å². The molecule has 6 nitrogen and oxygen atoms in total. The average molecular weight is 423 g/mol. The van der Waals surface area contributed by atoms with Crippen LogP contribution in [-0.2, 0) is 9.59 Å². The number of allylic oxidation sites excluding steroid dienone is 1. The maximum absolute atomic E-state index is 13.0. The summed E-state index contributed by atoms with van der Waals surface area (Å²) in [6.07, 6.45) is 5.14. The molecule has 164 valence electrons. The first-order valence-corrected chi connectivity index (χ1v) is 10.5. The van der Waals surface area contributed by atoms with Crippen molar-refractivity contribution < 1.29 is 19.1 Å². The van der Waals surface area contributed by atoms with E-state index >= 15 is 0 Å². The van der Waals surface area contributed by atoms with Crippen LogP contribution in [0.5, 0.6) is 0 Å². The predicted octanol–water partition coefficient (Wildman–Crippen LogP) is 4.33. The van der Waals surface area contributed by atoms with Crippen molar-refractivity contribution in [3.8, 4) is 0 Å². The third kappa shape index (κ3) is 5.14. The minimum Gasteiger partial charge on any atom is -0.503 e. The van der Waals surface area contributed by atoms with Crippen LogP contribution in [0.2, 0.25) is 0 Å². The predicted molar refractivity (Wildman–Crippen MR) is 121 cm³/mol. The molecular weight excluding hydrogens is 392 g/mol. The van der Waals surface area contributed by atoms with Crippen molar-refractivity contribution in [3.05, 3.63) is 77.0 Å². The molecule has 1 unspecified atom stereocenters. The molecule has 1 aliphatic heterocycles. The Balaban J connectivity index is 1.94. The van der Waals surface area contributed by atoms with E-state index in [1.54, 1.807) is 23.1 Å². The number of benzene rings is 1. The van der Waals surface area contributed by atoms with Gasteiger partial charge in [0.2, 0.25) is 0 Å². The van der Waals surface area contributed by atoms with E-state index in [0.717, 1.165) is 18.5 Å². The lowest BCUT2D eigenvalue weighted by Gasteiger charge is -2.27. The molecular formula is C25H30N2O4. The number of nitrogens with zero attached hydrogens (tertiary/aromatic N) is 2. The number of amides is 1. The minimum absolute atomic E-state index is 0.106. The Bertz CT molecular complexity index is 969. The van der Waals surface area contributed by atoms with Crippen LogP contribution < -0.4 is 0 Å². The molecule has 1 aliphatic rings. The summed E-state index contributed by atoms with van der Waals surface area (Å²) < 4.78 is 5.24. The molecule has 1 atom stereocenters. The molecule has 6 heteroatoms. The van der Waals surface area contributed by atoms with Gasteiger partial charge in [-0.25, -0.2) is 0 Å². The first kappa shape index (κ1) is 22.6. The number of aliphatic hydroxyl groups excluding tert-OH is 1. The van der Waals surface area contributed by atoms with Gasteiger partial charge >= 0.3 is 0 Å². The van der Waals surface area contributed by atoms with E-state index in [1.165, 1.54) is 17.9 Å². The van der Waals surface area contributed by atoms with Crippen LogP contribution in [-0.4, -0.2) is 53.8 Å². The van der Waals surface area contributed by atoms with E-state index in [2.05, 4.69) is 13.8 Å². The van der Waals surface area contributed by atoms with E-state index in [1.807, 2.05) is 43.3 Å². The Morgan fingerprint density at radius 2 is 1.94 bits per heavy atom. The Morgan fingerprint density at radius 1 is 1.23 bits per heavy atom. The highest BCUT2D eigenvalue weighted by atomic mass is 16.3. The molecule has 1 aromatic heterocycles. The SMILES string of the molecule is CC(C)c1ccc(C2C(C(=O)/C=C/c3ccco3)=C(O)C(=O)N2CCCN(C)C)cc1. The normalized spacial score (nSPS) is 17.0. The van der Waals surface area contributed by atoms with Gasteiger partial charge in [-0.05, 0) is 68.4 Å². The third-order valence-corrected chi connectivity index (χ3v) is 5.43. The summed E-state index contributed by atoms with van der Waals surface area (Å²) in [7, 11) is 3.94. The van der Waals surface area contributed by atoms with E-state index < -0.39 is 23.5 Å². The van der Waals surface area contributed by atoms with Crippen molar-refractivity contribution >= 4 is 17.8 Å². The quantitative estimate of drug-likeness (QED) is 0.609. The molecule has 0 aliphatic carbocycles. The summed E-state index contributed by atoms with van der Waals surface area (Å²) in [5.74, 6) is -0.492. The summed E-state index contributed by atoms with van der Waals surface area (Å²) >= 11 is 0. The number of ketones is 1. The molecule has 1 aromatic carbocycles. The van der Waals surface area contributed by atoms with Crippen LogP contribution in [0.25, 0.3) is 6.08 Å². The van der Waals surface area contributed by atoms with Crippen molar-refractivity contribution in [2.75, 3.05) is 27.2 Å². The number of hydrogen-bond donors (Lipinski definition) is 1. The second-order valence-corrected chi connectivity index (χ2v) is 8.35. The molecule has 0 saturated heterocycles. The number of furan rings is 1. The Labute approximate surface area is 183 Å². The summed E-state index contributed by atoms with van der Waals surface area (Å²) in [6, 6.07) is 10.7. The van der Waals surface area contributed by atoms with Gasteiger partial charge in [0.1, 0.15) is 5.76 Å². The second kappa shape index (κ2) is 9.79. The number of hydrogen-bond acceptors (Lipinski definition) is 5. The smallest absolute Gasteiger partial charge is 0.290 e. The first-order valence-electron chi connectivity index (χ1n) is 10.5. The zero-order chi connectivity index (χ0) is 22.5. The van der Waals surface area contributed by atoms with Crippen LogP contribution in [0.1, 0.15) is 49.1 Å². The minimum atomic E-state index is -0.621. The van der Waals surface area contributed by atoms with Crippen molar-refractivity contribution in [1.82, 2.24) is 9.80 Å². The van der Waals surface area contributed by atoms with E-state index in [0.29, 0.717) is 18.2 Å². The van der Waals surface area contributed by atoms with Gasteiger partial charge in [-0.2, -0.15) is 0 Å². The van der Waals surface area contributed by atoms with Crippen LogP contribution >= 0.6 is 0 Å². The fourth-order valence-electron chi connectivity index (χ4n) is 3.74. The lowest BCUT2D eigenvalue weighted by atomic mass is 9.93. The monoisotopic (exact) mass is 422 g/mol. The lowest BCUT2D eigenvalue weighted by molar-refractivity contribution is -0.129. The van der Waals surface area contributed by atoms with Gasteiger partial charge in [0.25, 0.3) is 5.91 Å². The highest BCUT2D eigenvalue weighted by molar-refractivity contribution is 6.14. The summed E-state index contributed by atoms with van der Waals surface area (Å²) in [6.45, 7) is 5.46. The van der Waals surface area contributed by atoms with Crippen molar-refractivity contribution in [2.45, 2.75) is 32.2 Å². The fraction of sp³-hybridized carbons (Fsp3) is 0.360. The number of carbonyl (C=O) groups is 2. The molecule has 1 N–H and O–H groups in total. The zero-order valence-electron chi connectivity index (χ0n) is 18.5. The van der Waals surface area contributed by atoms with Gasteiger partial charge in [-0.3, -0.25) is 9.59 Å². The number of aliphatic hydroxyl groups is 1. The molecule has 31 heavy (non-hydrogen) atoms. The maximum atomic E-state index is 13.0. The molecule has 2 heterocycles. The second-order valence-electron chi connectivity index (χ2n) is 8.35. The lowest BCUT2D eigenvalue weighted by Crippen LogP contribution is -2.33. The molecule has 0 fully saturated rings. The van der Waals surface area contributed by atoms with E-state index in [4.69, 9.17) is 4.42 Å². The highest BCUT2D eigenvalue weighted by Crippen LogP contribution is 2.38. The standard InChI is InChI=1S/C25H30N2O4/c1-17(2)18-8-10-19(11-9-18)23-22(21(28)13-12-20-7-5-16-31-20)24(29)25(30)27(23)15-6-14-26(3)4/h5,7-13,16-17,23,29H,6,14-15H2,1-4H3/b13-12+. The zero-order valence-corrected chi connectivity index (χ0v) is 18.5. The summed E-state index contributed by atoms with van der Waals surface area (Å²) in [5, 5.41) is 10.6. The first-order chi connectivity index (χ1) is 14.8. The topological polar surface area (TPSA) is 74.0 Å². The molecule has 1 amide bonds. The Morgan fingerprint density at radius 3 is 2.52 bits per heavy atom. The Kier molecular flexibility index (Phi) is 7.13. The fourth-order valence-corrected chi connectivity index (χ4v) is 3.74. The van der Waals surface area contributed by atoms with E-state index in [-0.39, 0.29) is 5.57 Å². The van der Waals surface area contributed by atoms with Gasteiger partial charge < -0.3 is 19.3 Å². The highest BCUT2D eigenvalue weighted by Gasteiger charge is 2.42. The van der Waals surface area contributed by atoms with Crippen molar-refractivity contribution in [1.29, 1.82) is 0 Å². The molecule has 0 spiro atoms. The molecule has 0 saturated carbocycles. The average Bonchev–Trinajstić information content (AvgIpc) is 3.34. The summed E-state index contributed by atoms with van der Waals surface area (Å²) in [4.78, 5) is 29.6.